The van der Waals surface area contributed by atoms with E-state index < -0.39 is 0 Å². The summed E-state index contributed by atoms with van der Waals surface area (Å²) in [6.07, 6.45) is 3.56. The van der Waals surface area contributed by atoms with Gasteiger partial charge in [-0.05, 0) is 31.1 Å². The Balaban J connectivity index is 1.92. The predicted octanol–water partition coefficient (Wildman–Crippen LogP) is 2.26. The van der Waals surface area contributed by atoms with Crippen molar-refractivity contribution in [3.05, 3.63) is 0 Å². The highest BCUT2D eigenvalue weighted by molar-refractivity contribution is 5.88. The van der Waals surface area contributed by atoms with E-state index >= 15 is 0 Å². The molecule has 2 aliphatic carbocycles. The summed E-state index contributed by atoms with van der Waals surface area (Å²) in [6, 6.07) is 0. The van der Waals surface area contributed by atoms with Crippen molar-refractivity contribution in [1.82, 2.24) is 0 Å². The van der Waals surface area contributed by atoms with Gasteiger partial charge in [0.05, 0.1) is 0 Å². The molecule has 0 aromatic heterocycles. The summed E-state index contributed by atoms with van der Waals surface area (Å²) in [5.74, 6) is 3.05. The van der Waals surface area contributed by atoms with Gasteiger partial charge in [-0.15, -0.1) is 0 Å². The van der Waals surface area contributed by atoms with Crippen LogP contribution in [-0.2, 0) is 4.79 Å². The van der Waals surface area contributed by atoms with Crippen LogP contribution in [0.3, 0.4) is 0 Å². The molecule has 1 nitrogen and oxygen atoms in total. The third-order valence-corrected chi connectivity index (χ3v) is 3.03. The van der Waals surface area contributed by atoms with Crippen LogP contribution in [0.25, 0.3) is 0 Å². The van der Waals surface area contributed by atoms with Crippen LogP contribution in [0.2, 0.25) is 0 Å². The van der Waals surface area contributed by atoms with Gasteiger partial charge in [0.1, 0.15) is 5.78 Å². The van der Waals surface area contributed by atoms with Crippen LogP contribution in [0, 0.1) is 23.7 Å². The van der Waals surface area contributed by atoms with Gasteiger partial charge in [0.25, 0.3) is 0 Å². The van der Waals surface area contributed by atoms with E-state index in [1.807, 2.05) is 0 Å². The summed E-state index contributed by atoms with van der Waals surface area (Å²) in [5, 5.41) is 0. The van der Waals surface area contributed by atoms with Crippen molar-refractivity contribution in [2.24, 2.45) is 23.7 Å². The SMILES string of the molecule is CC(C)CC1C[C@H]2C[C@@H]2C1=O. The first-order chi connectivity index (χ1) is 5.18. The lowest BCUT2D eigenvalue weighted by Gasteiger charge is -2.12. The summed E-state index contributed by atoms with van der Waals surface area (Å²) in [5.41, 5.74) is 0. The average Bonchev–Trinajstić information content (AvgIpc) is 2.58. The zero-order valence-electron chi connectivity index (χ0n) is 7.34. The van der Waals surface area contributed by atoms with E-state index in [1.165, 1.54) is 12.8 Å². The van der Waals surface area contributed by atoms with Crippen LogP contribution < -0.4 is 0 Å². The monoisotopic (exact) mass is 152 g/mol. The number of Topliss-reactive ketones (excluding diaryl/α,β-unsaturated/α-hetero) is 1. The van der Waals surface area contributed by atoms with Crippen LogP contribution in [0.1, 0.15) is 33.1 Å². The van der Waals surface area contributed by atoms with Crippen LogP contribution >= 0.6 is 0 Å². The summed E-state index contributed by atoms with van der Waals surface area (Å²) in [4.78, 5) is 11.5. The smallest absolute Gasteiger partial charge is 0.139 e. The zero-order chi connectivity index (χ0) is 8.01. The number of rotatable bonds is 2. The number of fused-ring (bicyclic) bond motifs is 1. The molecule has 11 heavy (non-hydrogen) atoms. The second kappa shape index (κ2) is 2.33. The van der Waals surface area contributed by atoms with Crippen LogP contribution in [0.4, 0.5) is 0 Å². The lowest BCUT2D eigenvalue weighted by molar-refractivity contribution is -0.122. The number of hydrogen-bond donors (Lipinski definition) is 0. The molecular weight excluding hydrogens is 136 g/mol. The largest absolute Gasteiger partial charge is 0.299 e. The molecule has 0 aromatic rings. The van der Waals surface area contributed by atoms with Crippen molar-refractivity contribution < 1.29 is 4.79 Å². The van der Waals surface area contributed by atoms with Crippen molar-refractivity contribution in [2.45, 2.75) is 33.1 Å². The predicted molar refractivity (Wildman–Crippen MR) is 44.2 cm³/mol. The van der Waals surface area contributed by atoms with E-state index in [9.17, 15) is 4.79 Å². The third-order valence-electron chi connectivity index (χ3n) is 3.03. The van der Waals surface area contributed by atoms with Gasteiger partial charge in [-0.25, -0.2) is 0 Å². The van der Waals surface area contributed by atoms with E-state index in [0.717, 1.165) is 12.3 Å². The Hall–Kier alpha value is -0.330. The molecule has 0 N–H and O–H groups in total. The van der Waals surface area contributed by atoms with E-state index in [4.69, 9.17) is 0 Å². The normalized spacial score (nSPS) is 41.4. The van der Waals surface area contributed by atoms with Gasteiger partial charge < -0.3 is 0 Å². The lowest BCUT2D eigenvalue weighted by Crippen LogP contribution is -2.13. The van der Waals surface area contributed by atoms with Gasteiger partial charge in [0.2, 0.25) is 0 Å². The molecule has 0 radical (unpaired) electrons. The Labute approximate surface area is 68.2 Å². The Morgan fingerprint density at radius 3 is 2.64 bits per heavy atom. The number of carbonyl (C=O) groups is 1. The molecule has 0 heterocycles. The van der Waals surface area contributed by atoms with E-state index in [0.29, 0.717) is 23.5 Å². The molecule has 2 saturated carbocycles. The van der Waals surface area contributed by atoms with Crippen LogP contribution in [-0.4, -0.2) is 5.78 Å². The first kappa shape index (κ1) is 7.33. The van der Waals surface area contributed by atoms with Crippen molar-refractivity contribution >= 4 is 5.78 Å². The summed E-state index contributed by atoms with van der Waals surface area (Å²) in [6.45, 7) is 4.41. The molecule has 0 bridgehead atoms. The molecule has 0 aliphatic heterocycles. The first-order valence-corrected chi connectivity index (χ1v) is 4.72. The molecule has 0 aromatic carbocycles. The van der Waals surface area contributed by atoms with Gasteiger partial charge in [0, 0.05) is 11.8 Å². The lowest BCUT2D eigenvalue weighted by atomic mass is 9.92. The summed E-state index contributed by atoms with van der Waals surface area (Å²) < 4.78 is 0. The van der Waals surface area contributed by atoms with Gasteiger partial charge >= 0.3 is 0 Å². The van der Waals surface area contributed by atoms with Crippen LogP contribution in [0.5, 0.6) is 0 Å². The molecule has 0 amide bonds. The quantitative estimate of drug-likeness (QED) is 0.593. The summed E-state index contributed by atoms with van der Waals surface area (Å²) in [7, 11) is 0. The van der Waals surface area contributed by atoms with Gasteiger partial charge in [-0.2, -0.15) is 0 Å². The average molecular weight is 152 g/mol. The molecule has 2 aliphatic rings. The second-order valence-electron chi connectivity index (χ2n) is 4.57. The molecular formula is C10H16O. The molecule has 2 rings (SSSR count). The number of hydrogen-bond acceptors (Lipinski definition) is 1. The van der Waals surface area contributed by atoms with Gasteiger partial charge in [-0.3, -0.25) is 4.79 Å². The first-order valence-electron chi connectivity index (χ1n) is 4.72. The second-order valence-corrected chi connectivity index (χ2v) is 4.57. The maximum absolute atomic E-state index is 11.5. The van der Waals surface area contributed by atoms with Crippen molar-refractivity contribution in [1.29, 1.82) is 0 Å². The number of carbonyl (C=O) groups excluding carboxylic acids is 1. The third kappa shape index (κ3) is 1.21. The standard InChI is InChI=1S/C10H16O/c1-6(2)3-8-4-7-5-9(7)10(8)11/h6-9H,3-5H2,1-2H3/t7-,8?,9-/m0/s1. The maximum Gasteiger partial charge on any atom is 0.139 e. The molecule has 1 unspecified atom stereocenters. The highest BCUT2D eigenvalue weighted by atomic mass is 16.1. The fraction of sp³-hybridized carbons (Fsp3) is 0.900. The van der Waals surface area contributed by atoms with Crippen molar-refractivity contribution in [2.75, 3.05) is 0 Å². The van der Waals surface area contributed by atoms with Crippen LogP contribution in [0.15, 0.2) is 0 Å². The number of ketones is 1. The maximum atomic E-state index is 11.5. The Morgan fingerprint density at radius 1 is 1.45 bits per heavy atom. The molecule has 3 atom stereocenters. The Morgan fingerprint density at radius 2 is 2.18 bits per heavy atom. The molecule has 0 spiro atoms. The zero-order valence-corrected chi connectivity index (χ0v) is 7.34. The molecule has 0 saturated heterocycles. The minimum atomic E-state index is 0.443. The van der Waals surface area contributed by atoms with Gasteiger partial charge in [0.15, 0.2) is 0 Å². The summed E-state index contributed by atoms with van der Waals surface area (Å²) >= 11 is 0. The highest BCUT2D eigenvalue weighted by Crippen LogP contribution is 2.53. The van der Waals surface area contributed by atoms with Gasteiger partial charge in [-0.1, -0.05) is 13.8 Å². The van der Waals surface area contributed by atoms with Crippen molar-refractivity contribution in [3.63, 3.8) is 0 Å². The molecule has 1 heteroatoms. The van der Waals surface area contributed by atoms with E-state index in [1.54, 1.807) is 0 Å². The highest BCUT2D eigenvalue weighted by Gasteiger charge is 2.52. The minimum absolute atomic E-state index is 0.443. The van der Waals surface area contributed by atoms with E-state index in [2.05, 4.69) is 13.8 Å². The van der Waals surface area contributed by atoms with E-state index in [-0.39, 0.29) is 0 Å². The fourth-order valence-electron chi connectivity index (χ4n) is 2.42. The molecule has 2 fully saturated rings. The topological polar surface area (TPSA) is 17.1 Å². The Bertz CT molecular complexity index is 183. The fourth-order valence-corrected chi connectivity index (χ4v) is 2.42. The molecule has 62 valence electrons. The Kier molecular flexibility index (Phi) is 1.55. The minimum Gasteiger partial charge on any atom is -0.299 e. The van der Waals surface area contributed by atoms with Crippen molar-refractivity contribution in [3.8, 4) is 0 Å².